The van der Waals surface area contributed by atoms with Crippen molar-refractivity contribution in [2.24, 2.45) is 7.05 Å². The monoisotopic (exact) mass is 549 g/mol. The van der Waals surface area contributed by atoms with Crippen molar-refractivity contribution in [3.63, 3.8) is 0 Å². The molecule has 5 aromatic rings. The molecule has 0 spiro atoms. The van der Waals surface area contributed by atoms with Gasteiger partial charge < -0.3 is 4.42 Å². The van der Waals surface area contributed by atoms with Crippen LogP contribution < -0.4 is 9.34 Å². The number of hydrogen-bond donors (Lipinski definition) is 0. The molecule has 0 aliphatic rings. The maximum Gasteiger partial charge on any atom is 0.345 e. The Bertz CT molecular complexity index is 1870. The maximum atomic E-state index is 13.9. The summed E-state index contributed by atoms with van der Waals surface area (Å²) in [6.07, 6.45) is 1.53. The molecule has 3 aromatic carbocycles. The Morgan fingerprint density at radius 3 is 1.82 bits per heavy atom. The van der Waals surface area contributed by atoms with Gasteiger partial charge in [-0.2, -0.15) is 8.81 Å². The third-order valence-electron chi connectivity index (χ3n) is 6.10. The van der Waals surface area contributed by atoms with Crippen LogP contribution in [0.2, 0.25) is 0 Å². The molecule has 0 saturated carbocycles. The fraction of sp³-hybridized carbons (Fsp3) is 0.111. The average Bonchev–Trinajstić information content (AvgIpc) is 3.29. The minimum absolute atomic E-state index is 0.136. The number of benzene rings is 3. The van der Waals surface area contributed by atoms with Crippen LogP contribution in [-0.4, -0.2) is 26.6 Å². The molecule has 0 aliphatic carbocycles. The highest BCUT2D eigenvalue weighted by atomic mass is 32.3. The Morgan fingerprint density at radius 2 is 1.32 bits per heavy atom. The number of hydrogen-bond acceptors (Lipinski definition) is 7. The number of sulfonamides is 2. The number of rotatable bonds is 6. The largest absolute Gasteiger partial charge is 0.422 e. The first kappa shape index (κ1) is 25.4. The Labute approximate surface area is 219 Å². The van der Waals surface area contributed by atoms with E-state index in [0.29, 0.717) is 14.8 Å². The van der Waals surface area contributed by atoms with Crippen molar-refractivity contribution in [2.45, 2.75) is 23.6 Å². The standard InChI is InChI=1S/C27H23N3O6S2/c1-18-4-9-22(10-5-18)37(32,33)30(38(34,35)23-11-6-19(2)7-12-23)21-8-13-26-20(16-21)17-24(27(31)36-26)25-14-15-28-29(25)3/h4-17H,1-3H3. The van der Waals surface area contributed by atoms with Crippen LogP contribution in [0.4, 0.5) is 5.69 Å². The average molecular weight is 550 g/mol. The molecule has 0 N–H and O–H groups in total. The van der Waals surface area contributed by atoms with E-state index in [1.54, 1.807) is 51.2 Å². The Hall–Kier alpha value is -4.22. The Morgan fingerprint density at radius 1 is 0.763 bits per heavy atom. The molecule has 0 saturated heterocycles. The van der Waals surface area contributed by atoms with Gasteiger partial charge in [-0.1, -0.05) is 35.4 Å². The lowest BCUT2D eigenvalue weighted by molar-refractivity contribution is 0.562. The van der Waals surface area contributed by atoms with Crippen molar-refractivity contribution >= 4 is 36.7 Å². The van der Waals surface area contributed by atoms with Crippen molar-refractivity contribution in [1.82, 2.24) is 9.78 Å². The van der Waals surface area contributed by atoms with Gasteiger partial charge in [0, 0.05) is 18.6 Å². The molecule has 194 valence electrons. The molecule has 2 heterocycles. The van der Waals surface area contributed by atoms with Gasteiger partial charge >= 0.3 is 5.63 Å². The molecule has 0 atom stereocenters. The zero-order valence-corrected chi connectivity index (χ0v) is 22.3. The molecule has 0 fully saturated rings. The van der Waals surface area contributed by atoms with Crippen molar-refractivity contribution in [1.29, 1.82) is 0 Å². The van der Waals surface area contributed by atoms with E-state index in [4.69, 9.17) is 4.42 Å². The second-order valence-electron chi connectivity index (χ2n) is 8.84. The molecule has 0 unspecified atom stereocenters. The summed E-state index contributed by atoms with van der Waals surface area (Å²) in [6.45, 7) is 3.60. The minimum Gasteiger partial charge on any atom is -0.422 e. The van der Waals surface area contributed by atoms with E-state index in [0.717, 1.165) is 11.1 Å². The van der Waals surface area contributed by atoms with Crippen molar-refractivity contribution in [3.05, 3.63) is 107 Å². The maximum absolute atomic E-state index is 13.9. The van der Waals surface area contributed by atoms with E-state index in [9.17, 15) is 21.6 Å². The number of anilines is 1. The molecule has 0 radical (unpaired) electrons. The molecular weight excluding hydrogens is 526 g/mol. The molecule has 0 amide bonds. The molecule has 9 nitrogen and oxygen atoms in total. The zero-order chi connectivity index (χ0) is 27.2. The molecule has 2 aromatic heterocycles. The van der Waals surface area contributed by atoms with E-state index in [1.807, 2.05) is 0 Å². The lowest BCUT2D eigenvalue weighted by atomic mass is 10.1. The van der Waals surface area contributed by atoms with Gasteiger partial charge in [0.15, 0.2) is 0 Å². The molecule has 0 aliphatic heterocycles. The van der Waals surface area contributed by atoms with E-state index in [1.165, 1.54) is 59.4 Å². The fourth-order valence-corrected chi connectivity index (χ4v) is 7.73. The SMILES string of the molecule is Cc1ccc(S(=O)(=O)N(c2ccc3oc(=O)c(-c4ccnn4C)cc3c2)S(=O)(=O)c2ccc(C)cc2)cc1. The third kappa shape index (κ3) is 4.39. The van der Waals surface area contributed by atoms with Crippen molar-refractivity contribution < 1.29 is 21.3 Å². The van der Waals surface area contributed by atoms with Crippen LogP contribution in [0.1, 0.15) is 11.1 Å². The molecule has 11 heteroatoms. The normalized spacial score (nSPS) is 12.1. The first-order valence-electron chi connectivity index (χ1n) is 11.5. The van der Waals surface area contributed by atoms with E-state index in [-0.39, 0.29) is 26.6 Å². The summed E-state index contributed by atoms with van der Waals surface area (Å²) < 4.78 is 62.9. The first-order valence-corrected chi connectivity index (χ1v) is 14.4. The van der Waals surface area contributed by atoms with Crippen LogP contribution >= 0.6 is 0 Å². The summed E-state index contributed by atoms with van der Waals surface area (Å²) >= 11 is 0. The van der Waals surface area contributed by atoms with Gasteiger partial charge in [0.25, 0.3) is 20.0 Å². The van der Waals surface area contributed by atoms with Crippen molar-refractivity contribution in [2.75, 3.05) is 3.71 Å². The van der Waals surface area contributed by atoms with E-state index < -0.39 is 25.7 Å². The van der Waals surface area contributed by atoms with Gasteiger partial charge in [-0.25, -0.2) is 21.6 Å². The number of aryl methyl sites for hydroxylation is 3. The lowest BCUT2D eigenvalue weighted by Crippen LogP contribution is -2.37. The summed E-state index contributed by atoms with van der Waals surface area (Å²) in [4.78, 5) is 12.3. The zero-order valence-electron chi connectivity index (χ0n) is 20.7. The van der Waals surface area contributed by atoms with E-state index >= 15 is 0 Å². The summed E-state index contributed by atoms with van der Waals surface area (Å²) in [5.74, 6) is 0. The van der Waals surface area contributed by atoms with Crippen LogP contribution in [-0.2, 0) is 27.1 Å². The van der Waals surface area contributed by atoms with Gasteiger partial charge in [-0.05, 0) is 68.4 Å². The second-order valence-corrected chi connectivity index (χ2v) is 12.6. The molecule has 0 bridgehead atoms. The first-order chi connectivity index (χ1) is 18.0. The lowest BCUT2D eigenvalue weighted by Gasteiger charge is -2.24. The highest BCUT2D eigenvalue weighted by Gasteiger charge is 2.37. The van der Waals surface area contributed by atoms with Crippen LogP contribution in [0.3, 0.4) is 0 Å². The van der Waals surface area contributed by atoms with Crippen LogP contribution in [0.5, 0.6) is 0 Å². The second kappa shape index (κ2) is 9.26. The highest BCUT2D eigenvalue weighted by Crippen LogP contribution is 2.33. The quantitative estimate of drug-likeness (QED) is 0.288. The number of fused-ring (bicyclic) bond motifs is 1. The van der Waals surface area contributed by atoms with Crippen LogP contribution in [0.25, 0.3) is 22.2 Å². The topological polar surface area (TPSA) is 120 Å². The predicted octanol–water partition coefficient (Wildman–Crippen LogP) is 4.39. The summed E-state index contributed by atoms with van der Waals surface area (Å²) in [5.41, 5.74) is 1.76. The van der Waals surface area contributed by atoms with E-state index in [2.05, 4.69) is 5.10 Å². The van der Waals surface area contributed by atoms with Gasteiger partial charge in [-0.15, -0.1) is 0 Å². The Kier molecular flexibility index (Phi) is 6.20. The third-order valence-corrected chi connectivity index (χ3v) is 10.3. The van der Waals surface area contributed by atoms with Crippen molar-refractivity contribution in [3.8, 4) is 11.3 Å². The Balaban J connectivity index is 1.76. The number of nitrogens with zero attached hydrogens (tertiary/aromatic N) is 3. The van der Waals surface area contributed by atoms with Gasteiger partial charge in [0.1, 0.15) is 5.58 Å². The number of aromatic nitrogens is 2. The van der Waals surface area contributed by atoms with Gasteiger partial charge in [0.2, 0.25) is 0 Å². The fourth-order valence-electron chi connectivity index (χ4n) is 4.06. The van der Waals surface area contributed by atoms with Gasteiger partial charge in [0.05, 0.1) is 26.7 Å². The van der Waals surface area contributed by atoms with Gasteiger partial charge in [-0.3, -0.25) is 4.68 Å². The smallest absolute Gasteiger partial charge is 0.345 e. The molecule has 5 rings (SSSR count). The highest BCUT2D eigenvalue weighted by molar-refractivity contribution is 8.10. The minimum atomic E-state index is -4.58. The summed E-state index contributed by atoms with van der Waals surface area (Å²) in [6, 6.07) is 19.0. The predicted molar refractivity (Wildman–Crippen MR) is 144 cm³/mol. The van der Waals surface area contributed by atoms with Crippen LogP contribution in [0.15, 0.2) is 104 Å². The molecular formula is C27H23N3O6S2. The summed E-state index contributed by atoms with van der Waals surface area (Å²) in [7, 11) is -7.50. The summed E-state index contributed by atoms with van der Waals surface area (Å²) in [5, 5.41) is 4.41. The van der Waals surface area contributed by atoms with Crippen LogP contribution in [0, 0.1) is 13.8 Å². The molecule has 38 heavy (non-hydrogen) atoms.